The Kier molecular flexibility index (Phi) is 5.11. The lowest BCUT2D eigenvalue weighted by Crippen LogP contribution is -2.12. The number of aryl methyl sites for hydroxylation is 2. The Hall–Kier alpha value is -2.40. The molecule has 1 heterocycles. The number of carbonyl (C=O) groups excluding carboxylic acids is 1. The molecule has 1 aromatic heterocycles. The van der Waals surface area contributed by atoms with E-state index in [4.69, 9.17) is 4.74 Å². The van der Waals surface area contributed by atoms with Gasteiger partial charge in [-0.15, -0.1) is 11.3 Å². The van der Waals surface area contributed by atoms with Crippen LogP contribution in [-0.2, 0) is 11.2 Å². The summed E-state index contributed by atoms with van der Waals surface area (Å²) in [6, 6.07) is 13.9. The van der Waals surface area contributed by atoms with Gasteiger partial charge in [-0.3, -0.25) is 4.79 Å². The third kappa shape index (κ3) is 3.92. The second kappa shape index (κ2) is 7.45. The molecule has 4 nitrogen and oxygen atoms in total. The van der Waals surface area contributed by atoms with Gasteiger partial charge in [-0.05, 0) is 49.6 Å². The molecule has 0 saturated heterocycles. The summed E-state index contributed by atoms with van der Waals surface area (Å²) in [5.74, 6) is 0.681. The highest BCUT2D eigenvalue weighted by Gasteiger charge is 2.09. The number of benzene rings is 2. The molecular formula is C19H20N2O2S. The second-order valence-corrected chi connectivity index (χ2v) is 6.80. The fraction of sp³-hybridized carbons (Fsp3) is 0.263. The molecular weight excluding hydrogens is 320 g/mol. The molecule has 124 valence electrons. The van der Waals surface area contributed by atoms with Crippen LogP contribution < -0.4 is 10.1 Å². The number of methoxy groups -OCH3 is 1. The SMILES string of the molecule is COc1ccc(C)cc1NC(=O)CCCc1nc2ccccc2s1. The van der Waals surface area contributed by atoms with Crippen LogP contribution in [-0.4, -0.2) is 18.0 Å². The Labute approximate surface area is 145 Å². The lowest BCUT2D eigenvalue weighted by atomic mass is 10.2. The van der Waals surface area contributed by atoms with Crippen molar-refractivity contribution >= 4 is 33.1 Å². The van der Waals surface area contributed by atoms with Gasteiger partial charge in [0.2, 0.25) is 5.91 Å². The molecule has 0 bridgehead atoms. The van der Waals surface area contributed by atoms with E-state index in [1.165, 1.54) is 4.70 Å². The Morgan fingerprint density at radius 3 is 2.88 bits per heavy atom. The van der Waals surface area contributed by atoms with E-state index in [0.717, 1.165) is 34.6 Å². The predicted molar refractivity (Wildman–Crippen MR) is 98.9 cm³/mol. The largest absolute Gasteiger partial charge is 0.495 e. The van der Waals surface area contributed by atoms with Crippen LogP contribution in [0, 0.1) is 6.92 Å². The highest BCUT2D eigenvalue weighted by molar-refractivity contribution is 7.18. The molecule has 0 aliphatic rings. The topological polar surface area (TPSA) is 51.2 Å². The molecule has 0 unspecified atom stereocenters. The minimum Gasteiger partial charge on any atom is -0.495 e. The van der Waals surface area contributed by atoms with Crippen LogP contribution in [0.15, 0.2) is 42.5 Å². The van der Waals surface area contributed by atoms with E-state index in [2.05, 4.69) is 16.4 Å². The number of aromatic nitrogens is 1. The van der Waals surface area contributed by atoms with E-state index in [9.17, 15) is 4.79 Å². The van der Waals surface area contributed by atoms with Gasteiger partial charge in [-0.2, -0.15) is 0 Å². The molecule has 2 aromatic carbocycles. The van der Waals surface area contributed by atoms with Crippen molar-refractivity contribution in [1.82, 2.24) is 4.98 Å². The van der Waals surface area contributed by atoms with E-state index in [-0.39, 0.29) is 5.91 Å². The number of fused-ring (bicyclic) bond motifs is 1. The molecule has 0 radical (unpaired) electrons. The van der Waals surface area contributed by atoms with Crippen molar-refractivity contribution in [2.24, 2.45) is 0 Å². The number of thiazole rings is 1. The fourth-order valence-electron chi connectivity index (χ4n) is 2.56. The summed E-state index contributed by atoms with van der Waals surface area (Å²) in [4.78, 5) is 16.8. The average Bonchev–Trinajstić information content (AvgIpc) is 2.97. The first-order chi connectivity index (χ1) is 11.7. The number of hydrogen-bond donors (Lipinski definition) is 1. The highest BCUT2D eigenvalue weighted by atomic mass is 32.1. The zero-order valence-corrected chi connectivity index (χ0v) is 14.7. The summed E-state index contributed by atoms with van der Waals surface area (Å²) < 4.78 is 6.48. The molecule has 0 aliphatic heterocycles. The number of ether oxygens (including phenoxy) is 1. The summed E-state index contributed by atoms with van der Waals surface area (Å²) in [6.45, 7) is 1.99. The summed E-state index contributed by atoms with van der Waals surface area (Å²) in [5.41, 5.74) is 2.84. The van der Waals surface area contributed by atoms with Crippen molar-refractivity contribution < 1.29 is 9.53 Å². The third-order valence-corrected chi connectivity index (χ3v) is 4.86. The normalized spacial score (nSPS) is 10.8. The molecule has 0 saturated carbocycles. The van der Waals surface area contributed by atoms with E-state index in [1.54, 1.807) is 18.4 Å². The Morgan fingerprint density at radius 2 is 2.08 bits per heavy atom. The van der Waals surface area contributed by atoms with Crippen molar-refractivity contribution in [3.05, 3.63) is 53.0 Å². The van der Waals surface area contributed by atoms with Gasteiger partial charge in [0.1, 0.15) is 5.75 Å². The Bertz CT molecular complexity index is 824. The number of carbonyl (C=O) groups is 1. The average molecular weight is 340 g/mol. The first kappa shape index (κ1) is 16.5. The second-order valence-electron chi connectivity index (χ2n) is 5.68. The first-order valence-corrected chi connectivity index (χ1v) is 8.76. The van der Waals surface area contributed by atoms with Gasteiger partial charge in [0, 0.05) is 6.42 Å². The maximum absolute atomic E-state index is 12.2. The van der Waals surface area contributed by atoms with Crippen LogP contribution in [0.4, 0.5) is 5.69 Å². The van der Waals surface area contributed by atoms with Crippen molar-refractivity contribution in [3.63, 3.8) is 0 Å². The summed E-state index contributed by atoms with van der Waals surface area (Å²) in [5, 5.41) is 4.01. The van der Waals surface area contributed by atoms with Crippen molar-refractivity contribution in [3.8, 4) is 5.75 Å². The molecule has 1 amide bonds. The number of nitrogens with one attached hydrogen (secondary N) is 1. The first-order valence-electron chi connectivity index (χ1n) is 7.94. The minimum absolute atomic E-state index is 0.0000103. The van der Waals surface area contributed by atoms with Crippen LogP contribution in [0.2, 0.25) is 0 Å². The van der Waals surface area contributed by atoms with Gasteiger partial charge < -0.3 is 10.1 Å². The predicted octanol–water partition coefficient (Wildman–Crippen LogP) is 4.57. The number of para-hydroxylation sites is 1. The Morgan fingerprint density at radius 1 is 1.25 bits per heavy atom. The van der Waals surface area contributed by atoms with Crippen LogP contribution >= 0.6 is 11.3 Å². The fourth-order valence-corrected chi connectivity index (χ4v) is 3.57. The number of amides is 1. The molecule has 0 atom stereocenters. The molecule has 3 rings (SSSR count). The lowest BCUT2D eigenvalue weighted by molar-refractivity contribution is -0.116. The van der Waals surface area contributed by atoms with Crippen LogP contribution in [0.3, 0.4) is 0 Å². The molecule has 3 aromatic rings. The zero-order chi connectivity index (χ0) is 16.9. The van der Waals surface area contributed by atoms with Crippen LogP contribution in [0.1, 0.15) is 23.4 Å². The quantitative estimate of drug-likeness (QED) is 0.715. The number of rotatable bonds is 6. The van der Waals surface area contributed by atoms with Gasteiger partial charge >= 0.3 is 0 Å². The van der Waals surface area contributed by atoms with Crippen molar-refractivity contribution in [2.45, 2.75) is 26.2 Å². The Balaban J connectivity index is 1.55. The van der Waals surface area contributed by atoms with E-state index < -0.39 is 0 Å². The van der Waals surface area contributed by atoms with Gasteiger partial charge in [-0.25, -0.2) is 4.98 Å². The summed E-state index contributed by atoms with van der Waals surface area (Å²) >= 11 is 1.70. The van der Waals surface area contributed by atoms with Gasteiger partial charge in [0.05, 0.1) is 28.0 Å². The molecule has 1 N–H and O–H groups in total. The smallest absolute Gasteiger partial charge is 0.224 e. The molecule has 24 heavy (non-hydrogen) atoms. The third-order valence-electron chi connectivity index (χ3n) is 3.76. The van der Waals surface area contributed by atoms with Gasteiger partial charge in [0.15, 0.2) is 0 Å². The summed E-state index contributed by atoms with van der Waals surface area (Å²) in [6.07, 6.45) is 2.06. The van der Waals surface area contributed by atoms with E-state index >= 15 is 0 Å². The van der Waals surface area contributed by atoms with E-state index in [0.29, 0.717) is 12.2 Å². The number of anilines is 1. The number of nitrogens with zero attached hydrogens (tertiary/aromatic N) is 1. The summed E-state index contributed by atoms with van der Waals surface area (Å²) in [7, 11) is 1.60. The number of hydrogen-bond acceptors (Lipinski definition) is 4. The monoisotopic (exact) mass is 340 g/mol. The van der Waals surface area contributed by atoms with Gasteiger partial charge in [-0.1, -0.05) is 18.2 Å². The van der Waals surface area contributed by atoms with Crippen molar-refractivity contribution in [1.29, 1.82) is 0 Å². The lowest BCUT2D eigenvalue weighted by Gasteiger charge is -2.10. The standard InChI is InChI=1S/C19H20N2O2S/c1-13-10-11-16(23-2)15(12-13)20-18(22)8-5-9-19-21-14-6-3-4-7-17(14)24-19/h3-4,6-7,10-12H,5,8-9H2,1-2H3,(H,20,22). The van der Waals surface area contributed by atoms with Crippen LogP contribution in [0.25, 0.3) is 10.2 Å². The van der Waals surface area contributed by atoms with Crippen molar-refractivity contribution in [2.75, 3.05) is 12.4 Å². The zero-order valence-electron chi connectivity index (χ0n) is 13.8. The van der Waals surface area contributed by atoms with Crippen LogP contribution in [0.5, 0.6) is 5.75 Å². The minimum atomic E-state index is 0.0000103. The molecule has 0 aliphatic carbocycles. The van der Waals surface area contributed by atoms with E-state index in [1.807, 2.05) is 43.3 Å². The molecule has 0 spiro atoms. The highest BCUT2D eigenvalue weighted by Crippen LogP contribution is 2.26. The molecule has 5 heteroatoms. The van der Waals surface area contributed by atoms with Gasteiger partial charge in [0.25, 0.3) is 0 Å². The maximum Gasteiger partial charge on any atom is 0.224 e. The maximum atomic E-state index is 12.2. The molecule has 0 fully saturated rings.